The molecule has 2 amide bonds. The number of hydrogen-bond donors (Lipinski definition) is 2. The SMILES string of the molecule is NC(=O)c1ccc(CNC(=O)c2cccc3c2cnn3-c2ccc(F)cc2)cn1. The Kier molecular flexibility index (Phi) is 4.74. The molecular weight excluding hydrogens is 373 g/mol. The standard InChI is InChI=1S/C21H16FN5O2/c22-14-5-7-15(8-6-14)27-19-3-1-2-16(17(19)12-26-27)21(29)25-11-13-4-9-18(20(23)28)24-10-13/h1-10,12H,11H2,(H2,23,28)(H,25,29). The van der Waals surface area contributed by atoms with Gasteiger partial charge >= 0.3 is 0 Å². The van der Waals surface area contributed by atoms with Crippen molar-refractivity contribution in [1.29, 1.82) is 0 Å². The van der Waals surface area contributed by atoms with E-state index in [0.29, 0.717) is 16.6 Å². The van der Waals surface area contributed by atoms with Gasteiger partial charge in [0, 0.05) is 18.1 Å². The summed E-state index contributed by atoms with van der Waals surface area (Å²) in [5.41, 5.74) is 7.96. The third kappa shape index (κ3) is 3.68. The zero-order valence-electron chi connectivity index (χ0n) is 15.2. The number of hydrogen-bond acceptors (Lipinski definition) is 4. The first kappa shape index (κ1) is 18.3. The molecule has 0 bridgehead atoms. The minimum Gasteiger partial charge on any atom is -0.364 e. The van der Waals surface area contributed by atoms with Crippen LogP contribution in [0, 0.1) is 5.82 Å². The van der Waals surface area contributed by atoms with E-state index in [1.165, 1.54) is 24.4 Å². The Balaban J connectivity index is 1.56. The van der Waals surface area contributed by atoms with E-state index < -0.39 is 5.91 Å². The number of aromatic nitrogens is 3. The van der Waals surface area contributed by atoms with E-state index in [0.717, 1.165) is 11.1 Å². The first-order chi connectivity index (χ1) is 14.0. The van der Waals surface area contributed by atoms with E-state index in [9.17, 15) is 14.0 Å². The van der Waals surface area contributed by atoms with Gasteiger partial charge in [0.1, 0.15) is 11.5 Å². The van der Waals surface area contributed by atoms with Gasteiger partial charge in [-0.15, -0.1) is 0 Å². The normalized spacial score (nSPS) is 10.8. The van der Waals surface area contributed by atoms with Crippen LogP contribution in [0.25, 0.3) is 16.6 Å². The van der Waals surface area contributed by atoms with Gasteiger partial charge in [-0.2, -0.15) is 5.10 Å². The highest BCUT2D eigenvalue weighted by Crippen LogP contribution is 2.22. The largest absolute Gasteiger partial charge is 0.364 e. The molecule has 2 aromatic carbocycles. The molecule has 0 unspecified atom stereocenters. The monoisotopic (exact) mass is 389 g/mol. The summed E-state index contributed by atoms with van der Waals surface area (Å²) in [6.45, 7) is 0.243. The van der Waals surface area contributed by atoms with E-state index in [2.05, 4.69) is 15.4 Å². The molecule has 4 rings (SSSR count). The van der Waals surface area contributed by atoms with Gasteiger partial charge < -0.3 is 11.1 Å². The van der Waals surface area contributed by atoms with Crippen LogP contribution in [0.4, 0.5) is 4.39 Å². The highest BCUT2D eigenvalue weighted by molar-refractivity contribution is 6.06. The number of carbonyl (C=O) groups is 2. The number of nitrogens with one attached hydrogen (secondary N) is 1. The lowest BCUT2D eigenvalue weighted by molar-refractivity contribution is 0.0950. The molecule has 3 N–H and O–H groups in total. The van der Waals surface area contributed by atoms with E-state index in [4.69, 9.17) is 5.73 Å². The first-order valence-corrected chi connectivity index (χ1v) is 8.78. The zero-order valence-corrected chi connectivity index (χ0v) is 15.2. The van der Waals surface area contributed by atoms with Crippen LogP contribution in [-0.4, -0.2) is 26.6 Å². The van der Waals surface area contributed by atoms with Crippen LogP contribution in [0.3, 0.4) is 0 Å². The molecule has 0 atom stereocenters. The van der Waals surface area contributed by atoms with Crippen molar-refractivity contribution in [1.82, 2.24) is 20.1 Å². The summed E-state index contributed by atoms with van der Waals surface area (Å²) in [4.78, 5) is 27.7. The Bertz CT molecular complexity index is 1200. The van der Waals surface area contributed by atoms with Gasteiger partial charge in [0.15, 0.2) is 0 Å². The number of rotatable bonds is 5. The average molecular weight is 389 g/mol. The molecule has 4 aromatic rings. The van der Waals surface area contributed by atoms with Crippen LogP contribution < -0.4 is 11.1 Å². The second kappa shape index (κ2) is 7.51. The predicted octanol–water partition coefficient (Wildman–Crippen LogP) is 2.59. The van der Waals surface area contributed by atoms with Crippen LogP contribution in [0.5, 0.6) is 0 Å². The summed E-state index contributed by atoms with van der Waals surface area (Å²) in [5, 5.41) is 7.85. The molecule has 7 nitrogen and oxygen atoms in total. The third-order valence-electron chi connectivity index (χ3n) is 4.46. The second-order valence-corrected chi connectivity index (χ2v) is 6.37. The Morgan fingerprint density at radius 2 is 1.83 bits per heavy atom. The fraction of sp³-hybridized carbons (Fsp3) is 0.0476. The summed E-state index contributed by atoms with van der Waals surface area (Å²) in [6, 6.07) is 14.5. The number of pyridine rings is 1. The fourth-order valence-corrected chi connectivity index (χ4v) is 2.99. The maximum absolute atomic E-state index is 13.2. The molecule has 0 spiro atoms. The van der Waals surface area contributed by atoms with Crippen LogP contribution in [0.1, 0.15) is 26.4 Å². The van der Waals surface area contributed by atoms with Gasteiger partial charge in [-0.05, 0) is 48.0 Å². The number of carbonyl (C=O) groups excluding carboxylic acids is 2. The smallest absolute Gasteiger partial charge is 0.267 e. The minimum absolute atomic E-state index is 0.165. The summed E-state index contributed by atoms with van der Waals surface area (Å²) >= 11 is 0. The maximum atomic E-state index is 13.2. The number of amides is 2. The Morgan fingerprint density at radius 1 is 1.03 bits per heavy atom. The van der Waals surface area contributed by atoms with E-state index >= 15 is 0 Å². The van der Waals surface area contributed by atoms with Crippen molar-refractivity contribution in [3.63, 3.8) is 0 Å². The Hall–Kier alpha value is -4.07. The van der Waals surface area contributed by atoms with Gasteiger partial charge in [0.25, 0.3) is 11.8 Å². The molecule has 0 saturated heterocycles. The molecule has 0 aliphatic carbocycles. The minimum atomic E-state index is -0.606. The topological polar surface area (TPSA) is 103 Å². The molecule has 0 fully saturated rings. The Labute approximate surface area is 165 Å². The molecule has 0 saturated carbocycles. The molecule has 2 aromatic heterocycles. The molecule has 0 aliphatic heterocycles. The van der Waals surface area contributed by atoms with Gasteiger partial charge in [-0.25, -0.2) is 9.07 Å². The lowest BCUT2D eigenvalue weighted by Gasteiger charge is -2.08. The number of halogens is 1. The third-order valence-corrected chi connectivity index (χ3v) is 4.46. The van der Waals surface area contributed by atoms with Crippen molar-refractivity contribution >= 4 is 22.7 Å². The molecule has 0 aliphatic rings. The highest BCUT2D eigenvalue weighted by atomic mass is 19.1. The number of nitrogens with two attached hydrogens (primary N) is 1. The lowest BCUT2D eigenvalue weighted by atomic mass is 10.1. The molecule has 144 valence electrons. The predicted molar refractivity (Wildman–Crippen MR) is 105 cm³/mol. The first-order valence-electron chi connectivity index (χ1n) is 8.78. The van der Waals surface area contributed by atoms with Gasteiger partial charge in [0.05, 0.1) is 23.0 Å². The quantitative estimate of drug-likeness (QED) is 0.548. The molecular formula is C21H16FN5O2. The second-order valence-electron chi connectivity index (χ2n) is 6.37. The van der Waals surface area contributed by atoms with Crippen LogP contribution >= 0.6 is 0 Å². The number of primary amides is 1. The maximum Gasteiger partial charge on any atom is 0.267 e. The number of benzene rings is 2. The highest BCUT2D eigenvalue weighted by Gasteiger charge is 2.14. The van der Waals surface area contributed by atoms with Crippen LogP contribution in [-0.2, 0) is 6.54 Å². The Morgan fingerprint density at radius 3 is 2.52 bits per heavy atom. The van der Waals surface area contributed by atoms with Crippen molar-refractivity contribution in [2.75, 3.05) is 0 Å². The zero-order chi connectivity index (χ0) is 20.4. The molecule has 8 heteroatoms. The van der Waals surface area contributed by atoms with Crippen molar-refractivity contribution in [3.8, 4) is 5.69 Å². The van der Waals surface area contributed by atoms with Crippen molar-refractivity contribution in [2.45, 2.75) is 6.54 Å². The fourth-order valence-electron chi connectivity index (χ4n) is 2.99. The van der Waals surface area contributed by atoms with E-state index in [1.54, 1.807) is 41.2 Å². The van der Waals surface area contributed by atoms with Crippen LogP contribution in [0.15, 0.2) is 67.0 Å². The molecule has 29 heavy (non-hydrogen) atoms. The summed E-state index contributed by atoms with van der Waals surface area (Å²) < 4.78 is 14.8. The number of nitrogens with zero attached hydrogens (tertiary/aromatic N) is 3. The van der Waals surface area contributed by atoms with Crippen molar-refractivity contribution in [2.24, 2.45) is 5.73 Å². The number of fused-ring (bicyclic) bond motifs is 1. The lowest BCUT2D eigenvalue weighted by Crippen LogP contribution is -2.23. The van der Waals surface area contributed by atoms with E-state index in [1.807, 2.05) is 6.07 Å². The van der Waals surface area contributed by atoms with E-state index in [-0.39, 0.29) is 24.0 Å². The summed E-state index contributed by atoms with van der Waals surface area (Å²) in [6.07, 6.45) is 3.10. The van der Waals surface area contributed by atoms with Crippen molar-refractivity contribution < 1.29 is 14.0 Å². The summed E-state index contributed by atoms with van der Waals surface area (Å²) in [5.74, 6) is -1.21. The van der Waals surface area contributed by atoms with Crippen molar-refractivity contribution in [3.05, 3.63) is 89.6 Å². The molecule has 2 heterocycles. The average Bonchev–Trinajstić information content (AvgIpc) is 3.17. The van der Waals surface area contributed by atoms with Gasteiger partial charge in [-0.1, -0.05) is 12.1 Å². The van der Waals surface area contributed by atoms with Gasteiger partial charge in [0.2, 0.25) is 0 Å². The van der Waals surface area contributed by atoms with Crippen LogP contribution in [0.2, 0.25) is 0 Å². The molecule has 0 radical (unpaired) electrons. The summed E-state index contributed by atoms with van der Waals surface area (Å²) in [7, 11) is 0. The van der Waals surface area contributed by atoms with Gasteiger partial charge in [-0.3, -0.25) is 14.6 Å².